The first-order valence-corrected chi connectivity index (χ1v) is 7.72. The Morgan fingerprint density at radius 2 is 2.10 bits per heavy atom. The van der Waals surface area contributed by atoms with Crippen LogP contribution in [0.1, 0.15) is 12.8 Å². The van der Waals surface area contributed by atoms with Gasteiger partial charge in [-0.3, -0.25) is 0 Å². The van der Waals surface area contributed by atoms with Crippen molar-refractivity contribution in [1.82, 2.24) is 0 Å². The van der Waals surface area contributed by atoms with Gasteiger partial charge in [0, 0.05) is 0 Å². The number of benzene rings is 1. The normalized spacial score (nSPS) is 18.9. The largest absolute Gasteiger partial charge is 0.497 e. The molecular formula is C13H15F2NO3S. The number of anilines is 1. The zero-order valence-corrected chi connectivity index (χ0v) is 11.4. The molecule has 1 N–H and O–H groups in total. The highest BCUT2D eigenvalue weighted by Gasteiger charge is 2.29. The van der Waals surface area contributed by atoms with Gasteiger partial charge in [0.1, 0.15) is 6.10 Å². The fourth-order valence-corrected chi connectivity index (χ4v) is 2.82. The minimum atomic E-state index is -4.61. The molecule has 1 atom stereocenters. The van der Waals surface area contributed by atoms with Crippen LogP contribution in [0.15, 0.2) is 41.5 Å². The van der Waals surface area contributed by atoms with Crippen LogP contribution in [-0.4, -0.2) is 26.8 Å². The van der Waals surface area contributed by atoms with Crippen molar-refractivity contribution in [1.29, 1.82) is 0 Å². The highest BCUT2D eigenvalue weighted by Crippen LogP contribution is 2.26. The van der Waals surface area contributed by atoms with Gasteiger partial charge < -0.3 is 10.1 Å². The summed E-state index contributed by atoms with van der Waals surface area (Å²) in [6, 6.07) is 5.65. The molecular weight excluding hydrogens is 288 g/mol. The predicted octanol–water partition coefficient (Wildman–Crippen LogP) is 2.79. The van der Waals surface area contributed by atoms with E-state index in [-0.39, 0.29) is 16.7 Å². The molecule has 0 fully saturated rings. The van der Waals surface area contributed by atoms with Crippen molar-refractivity contribution in [3.8, 4) is 0 Å². The van der Waals surface area contributed by atoms with Crippen LogP contribution in [0.5, 0.6) is 0 Å². The van der Waals surface area contributed by atoms with Crippen LogP contribution in [0.25, 0.3) is 0 Å². The number of halogens is 2. The summed E-state index contributed by atoms with van der Waals surface area (Å²) >= 11 is 0. The lowest BCUT2D eigenvalue weighted by atomic mass is 10.1. The molecule has 1 aliphatic rings. The monoisotopic (exact) mass is 303 g/mol. The first kappa shape index (κ1) is 14.8. The van der Waals surface area contributed by atoms with Crippen LogP contribution in [0.4, 0.5) is 14.5 Å². The van der Waals surface area contributed by atoms with Gasteiger partial charge in [0.2, 0.25) is 9.84 Å². The topological polar surface area (TPSA) is 55.4 Å². The second-order valence-electron chi connectivity index (χ2n) is 4.39. The number of ether oxygens (including phenoxy) is 1. The van der Waals surface area contributed by atoms with Gasteiger partial charge in [0.15, 0.2) is 0 Å². The van der Waals surface area contributed by atoms with E-state index in [1.807, 2.05) is 6.08 Å². The molecule has 110 valence electrons. The van der Waals surface area contributed by atoms with Crippen LogP contribution in [0, 0.1) is 0 Å². The maximum atomic E-state index is 12.6. The Balaban J connectivity index is 2.14. The summed E-state index contributed by atoms with van der Waals surface area (Å²) < 4.78 is 53.7. The van der Waals surface area contributed by atoms with Gasteiger partial charge >= 0.3 is 5.76 Å². The Morgan fingerprint density at radius 3 is 2.75 bits per heavy atom. The molecule has 0 saturated heterocycles. The molecule has 2 rings (SSSR count). The number of allylic oxidation sites excluding steroid dienone is 1. The lowest BCUT2D eigenvalue weighted by molar-refractivity contribution is 0.135. The lowest BCUT2D eigenvalue weighted by Crippen LogP contribution is -2.24. The third-order valence-corrected chi connectivity index (χ3v) is 4.41. The minimum absolute atomic E-state index is 0.0951. The Morgan fingerprint density at radius 1 is 1.35 bits per heavy atom. The van der Waals surface area contributed by atoms with Crippen molar-refractivity contribution >= 4 is 15.5 Å². The smallest absolute Gasteiger partial charge is 0.341 e. The van der Waals surface area contributed by atoms with E-state index in [2.05, 4.69) is 5.32 Å². The third-order valence-electron chi connectivity index (χ3n) is 2.97. The van der Waals surface area contributed by atoms with E-state index in [4.69, 9.17) is 4.74 Å². The van der Waals surface area contributed by atoms with Gasteiger partial charge in [0.25, 0.3) is 0 Å². The summed E-state index contributed by atoms with van der Waals surface area (Å²) in [6.07, 6.45) is 5.07. The van der Waals surface area contributed by atoms with Crippen molar-refractivity contribution in [3.05, 3.63) is 36.6 Å². The molecule has 0 saturated carbocycles. The second kappa shape index (κ2) is 6.21. The third kappa shape index (κ3) is 3.27. The average Bonchev–Trinajstić information content (AvgIpc) is 2.46. The van der Waals surface area contributed by atoms with Gasteiger partial charge in [-0.05, 0) is 31.1 Å². The minimum Gasteiger partial charge on any atom is -0.497 e. The van der Waals surface area contributed by atoms with E-state index in [0.717, 1.165) is 12.8 Å². The molecule has 0 bridgehead atoms. The standard InChI is InChI=1S/C13H15F2NO3S/c14-13(15)20(17,18)12-7-2-1-6-11(12)16-9-10-5-3-4-8-19-10/h1-2,4,6-8,10,13,16H,3,5,9H2. The highest BCUT2D eigenvalue weighted by molar-refractivity contribution is 7.91. The molecule has 0 spiro atoms. The molecule has 1 heterocycles. The van der Waals surface area contributed by atoms with Crippen LogP contribution in [0.3, 0.4) is 0 Å². The Hall–Kier alpha value is -1.63. The maximum absolute atomic E-state index is 12.6. The number of hydrogen-bond acceptors (Lipinski definition) is 4. The van der Waals surface area contributed by atoms with Gasteiger partial charge in [-0.1, -0.05) is 12.1 Å². The molecule has 20 heavy (non-hydrogen) atoms. The van der Waals surface area contributed by atoms with Crippen molar-refractivity contribution < 1.29 is 21.9 Å². The van der Waals surface area contributed by atoms with E-state index in [0.29, 0.717) is 6.54 Å². The molecule has 0 aromatic heterocycles. The predicted molar refractivity (Wildman–Crippen MR) is 71.4 cm³/mol. The number of alkyl halides is 2. The van der Waals surface area contributed by atoms with E-state index in [1.54, 1.807) is 12.3 Å². The Kier molecular flexibility index (Phi) is 4.59. The van der Waals surface area contributed by atoms with Crippen molar-refractivity contribution in [2.24, 2.45) is 0 Å². The fourth-order valence-electron chi connectivity index (χ4n) is 1.92. The molecule has 7 heteroatoms. The van der Waals surface area contributed by atoms with Gasteiger partial charge in [-0.25, -0.2) is 8.42 Å². The molecule has 1 aromatic rings. The quantitative estimate of drug-likeness (QED) is 0.909. The van der Waals surface area contributed by atoms with E-state index in [9.17, 15) is 17.2 Å². The second-order valence-corrected chi connectivity index (χ2v) is 6.28. The van der Waals surface area contributed by atoms with Gasteiger partial charge in [0.05, 0.1) is 23.4 Å². The average molecular weight is 303 g/mol. The van der Waals surface area contributed by atoms with E-state index < -0.39 is 15.6 Å². The van der Waals surface area contributed by atoms with Crippen LogP contribution >= 0.6 is 0 Å². The van der Waals surface area contributed by atoms with Crippen molar-refractivity contribution in [2.75, 3.05) is 11.9 Å². The van der Waals surface area contributed by atoms with E-state index in [1.165, 1.54) is 18.2 Å². The first-order chi connectivity index (χ1) is 9.51. The van der Waals surface area contributed by atoms with Crippen LogP contribution < -0.4 is 5.32 Å². The maximum Gasteiger partial charge on any atom is 0.341 e. The zero-order valence-electron chi connectivity index (χ0n) is 10.6. The fraction of sp³-hybridized carbons (Fsp3) is 0.385. The number of rotatable bonds is 5. The SMILES string of the molecule is O=S(=O)(c1ccccc1NCC1CCC=CO1)C(F)F. The number of nitrogens with one attached hydrogen (secondary N) is 1. The molecule has 1 aliphatic heterocycles. The van der Waals surface area contributed by atoms with Crippen LogP contribution in [-0.2, 0) is 14.6 Å². The Labute approximate surface area is 116 Å². The Bertz CT molecular complexity index is 587. The summed E-state index contributed by atoms with van der Waals surface area (Å²) in [6.45, 7) is 0.361. The van der Waals surface area contributed by atoms with Crippen molar-refractivity contribution in [2.45, 2.75) is 29.6 Å². The lowest BCUT2D eigenvalue weighted by Gasteiger charge is -2.21. The highest BCUT2D eigenvalue weighted by atomic mass is 32.2. The van der Waals surface area contributed by atoms with Gasteiger partial charge in [-0.2, -0.15) is 8.78 Å². The molecule has 0 amide bonds. The first-order valence-electron chi connectivity index (χ1n) is 6.17. The van der Waals surface area contributed by atoms with Crippen LogP contribution in [0.2, 0.25) is 0 Å². The summed E-state index contributed by atoms with van der Waals surface area (Å²) in [4.78, 5) is -0.388. The summed E-state index contributed by atoms with van der Waals surface area (Å²) in [5.74, 6) is -3.43. The molecule has 1 aromatic carbocycles. The van der Waals surface area contributed by atoms with E-state index >= 15 is 0 Å². The number of para-hydroxylation sites is 1. The summed E-state index contributed by atoms with van der Waals surface area (Å²) in [5, 5.41) is 2.87. The molecule has 4 nitrogen and oxygen atoms in total. The molecule has 1 unspecified atom stereocenters. The van der Waals surface area contributed by atoms with Crippen molar-refractivity contribution in [3.63, 3.8) is 0 Å². The summed E-state index contributed by atoms with van der Waals surface area (Å²) in [5.41, 5.74) is 0.172. The summed E-state index contributed by atoms with van der Waals surface area (Å²) in [7, 11) is -4.61. The molecule has 0 radical (unpaired) electrons. The number of sulfone groups is 1. The zero-order chi connectivity index (χ0) is 14.6. The number of hydrogen-bond donors (Lipinski definition) is 1. The van der Waals surface area contributed by atoms with Gasteiger partial charge in [-0.15, -0.1) is 0 Å². The molecule has 0 aliphatic carbocycles.